The third-order valence-corrected chi connectivity index (χ3v) is 8.17. The summed E-state index contributed by atoms with van der Waals surface area (Å²) in [6.45, 7) is 0. The number of oxazole rings is 1. The lowest BCUT2D eigenvalue weighted by Crippen LogP contribution is -2.00. The molecule has 3 aromatic heterocycles. The zero-order valence-electron chi connectivity index (χ0n) is 19.5. The van der Waals surface area contributed by atoms with Crippen molar-refractivity contribution in [3.8, 4) is 17.1 Å². The summed E-state index contributed by atoms with van der Waals surface area (Å²) in [7, 11) is 0. The van der Waals surface area contributed by atoms with Gasteiger partial charge in [0.15, 0.2) is 11.0 Å². The molecule has 0 aliphatic carbocycles. The van der Waals surface area contributed by atoms with Crippen LogP contribution in [-0.2, 0) is 0 Å². The predicted octanol–water partition coefficient (Wildman–Crippen LogP) is 8.32. The molecule has 0 aliphatic rings. The van der Waals surface area contributed by atoms with E-state index in [9.17, 15) is 4.79 Å². The van der Waals surface area contributed by atoms with Gasteiger partial charge >= 0.3 is 0 Å². The van der Waals surface area contributed by atoms with Crippen LogP contribution in [0, 0.1) is 0 Å². The third kappa shape index (κ3) is 3.01. The van der Waals surface area contributed by atoms with E-state index in [0.29, 0.717) is 16.9 Å². The minimum Gasteiger partial charge on any atom is -0.436 e. The molecule has 0 amide bonds. The van der Waals surface area contributed by atoms with Gasteiger partial charge in [-0.05, 0) is 60.7 Å². The largest absolute Gasteiger partial charge is 0.436 e. The third-order valence-electron chi connectivity index (χ3n) is 7.04. The molecule has 0 fully saturated rings. The fourth-order valence-electron chi connectivity index (χ4n) is 5.30. The van der Waals surface area contributed by atoms with Crippen molar-refractivity contribution >= 4 is 64.4 Å². The number of benzene rings is 5. The van der Waals surface area contributed by atoms with Gasteiger partial charge in [0.1, 0.15) is 5.52 Å². The Morgan fingerprint density at radius 2 is 1.30 bits per heavy atom. The average Bonchev–Trinajstić information content (AvgIpc) is 3.51. The molecule has 0 spiro atoms. The van der Waals surface area contributed by atoms with Crippen molar-refractivity contribution in [3.05, 3.63) is 119 Å². The number of nitrogens with zero attached hydrogens (tertiary/aromatic N) is 2. The van der Waals surface area contributed by atoms with Gasteiger partial charge in [-0.15, -0.1) is 11.3 Å². The highest BCUT2D eigenvalue weighted by atomic mass is 32.1. The summed E-state index contributed by atoms with van der Waals surface area (Å²) in [5.41, 5.74) is 5.71. The molecule has 0 bridgehead atoms. The molecule has 174 valence electrons. The summed E-state index contributed by atoms with van der Waals surface area (Å²) in [5, 5.41) is 3.87. The molecule has 4 nitrogen and oxygen atoms in total. The normalized spacial score (nSPS) is 11.9. The summed E-state index contributed by atoms with van der Waals surface area (Å²) in [6, 6.07) is 36.8. The monoisotopic (exact) mass is 494 g/mol. The maximum atomic E-state index is 13.1. The molecule has 8 aromatic rings. The van der Waals surface area contributed by atoms with Crippen LogP contribution in [0.1, 0.15) is 0 Å². The van der Waals surface area contributed by atoms with Crippen molar-refractivity contribution < 1.29 is 4.42 Å². The Bertz CT molecular complexity index is 2170. The van der Waals surface area contributed by atoms with E-state index in [2.05, 4.69) is 65.2 Å². The number of hydrogen-bond acceptors (Lipinski definition) is 4. The van der Waals surface area contributed by atoms with Gasteiger partial charge < -0.3 is 8.98 Å². The zero-order valence-corrected chi connectivity index (χ0v) is 20.3. The molecular weight excluding hydrogens is 476 g/mol. The molecule has 5 heteroatoms. The zero-order chi connectivity index (χ0) is 24.5. The molecule has 5 aromatic carbocycles. The van der Waals surface area contributed by atoms with Gasteiger partial charge in [-0.25, -0.2) is 4.98 Å². The van der Waals surface area contributed by atoms with Crippen molar-refractivity contribution in [2.24, 2.45) is 0 Å². The molecule has 37 heavy (non-hydrogen) atoms. The van der Waals surface area contributed by atoms with Crippen LogP contribution in [-0.4, -0.2) is 9.55 Å². The van der Waals surface area contributed by atoms with Gasteiger partial charge in [0.05, 0.1) is 11.0 Å². The first-order valence-corrected chi connectivity index (χ1v) is 12.9. The summed E-state index contributed by atoms with van der Waals surface area (Å²) in [5.74, 6) is 0.543. The fraction of sp³-hybridized carbons (Fsp3) is 0. The molecule has 0 N–H and O–H groups in total. The fourth-order valence-corrected chi connectivity index (χ4v) is 6.39. The quantitative estimate of drug-likeness (QED) is 0.227. The smallest absolute Gasteiger partial charge is 0.227 e. The second-order valence-electron chi connectivity index (χ2n) is 9.18. The van der Waals surface area contributed by atoms with Crippen LogP contribution in [0.5, 0.6) is 0 Å². The van der Waals surface area contributed by atoms with Crippen molar-refractivity contribution in [2.45, 2.75) is 0 Å². The Kier molecular flexibility index (Phi) is 4.22. The Balaban J connectivity index is 1.26. The van der Waals surface area contributed by atoms with Gasteiger partial charge in [0, 0.05) is 42.2 Å². The van der Waals surface area contributed by atoms with E-state index in [0.717, 1.165) is 31.6 Å². The van der Waals surface area contributed by atoms with Crippen molar-refractivity contribution in [3.63, 3.8) is 0 Å². The van der Waals surface area contributed by atoms with Gasteiger partial charge in [-0.3, -0.25) is 4.79 Å². The van der Waals surface area contributed by atoms with E-state index in [4.69, 9.17) is 9.40 Å². The summed E-state index contributed by atoms with van der Waals surface area (Å²) >= 11 is 1.60. The first-order valence-electron chi connectivity index (χ1n) is 12.1. The van der Waals surface area contributed by atoms with E-state index in [-0.39, 0.29) is 5.43 Å². The van der Waals surface area contributed by atoms with E-state index >= 15 is 0 Å². The minimum atomic E-state index is 0.0275. The van der Waals surface area contributed by atoms with Crippen LogP contribution >= 0.6 is 11.3 Å². The van der Waals surface area contributed by atoms with Gasteiger partial charge in [0.25, 0.3) is 0 Å². The van der Waals surface area contributed by atoms with Gasteiger partial charge in [-0.1, -0.05) is 48.5 Å². The van der Waals surface area contributed by atoms with Crippen LogP contribution in [0.3, 0.4) is 0 Å². The topological polar surface area (TPSA) is 48.0 Å². The summed E-state index contributed by atoms with van der Waals surface area (Å²) in [4.78, 5) is 17.9. The Morgan fingerprint density at radius 1 is 0.649 bits per heavy atom. The second kappa shape index (κ2) is 7.63. The highest BCUT2D eigenvalue weighted by molar-refractivity contribution is 7.24. The SMILES string of the molecule is O=c1c2ccccc2sc2cc3nc(-c4ccc(-n5c6ccccc6c6ccccc65)cc4)oc3cc12. The van der Waals surface area contributed by atoms with E-state index < -0.39 is 0 Å². The first-order chi connectivity index (χ1) is 18.2. The van der Waals surface area contributed by atoms with Crippen LogP contribution in [0.4, 0.5) is 0 Å². The molecule has 0 unspecified atom stereocenters. The van der Waals surface area contributed by atoms with Crippen molar-refractivity contribution in [1.82, 2.24) is 9.55 Å². The summed E-state index contributed by atoms with van der Waals surface area (Å²) in [6.07, 6.45) is 0. The molecule has 0 aliphatic heterocycles. The Morgan fingerprint density at radius 3 is 2.03 bits per heavy atom. The van der Waals surface area contributed by atoms with E-state index in [1.807, 2.05) is 48.5 Å². The first kappa shape index (κ1) is 20.5. The van der Waals surface area contributed by atoms with E-state index in [1.165, 1.54) is 21.8 Å². The highest BCUT2D eigenvalue weighted by Crippen LogP contribution is 2.34. The number of hydrogen-bond donors (Lipinski definition) is 0. The lowest BCUT2D eigenvalue weighted by atomic mass is 10.2. The van der Waals surface area contributed by atoms with Gasteiger partial charge in [0.2, 0.25) is 5.89 Å². The molecule has 8 rings (SSSR count). The van der Waals surface area contributed by atoms with Crippen molar-refractivity contribution in [1.29, 1.82) is 0 Å². The Labute approximate surface area is 214 Å². The van der Waals surface area contributed by atoms with Gasteiger partial charge in [-0.2, -0.15) is 0 Å². The standard InChI is InChI=1S/C32H18N2O2S/c35-31-23-9-3-6-12-29(23)37-30-18-25-28(17-24(30)31)36-32(33-25)19-13-15-20(16-14-19)34-26-10-4-1-7-21(26)22-8-2-5-11-27(22)34/h1-18H. The number of aromatic nitrogens is 2. The Hall–Kier alpha value is -4.74. The summed E-state index contributed by atoms with van der Waals surface area (Å²) < 4.78 is 10.3. The lowest BCUT2D eigenvalue weighted by molar-refractivity contribution is 0.620. The highest BCUT2D eigenvalue weighted by Gasteiger charge is 2.15. The minimum absolute atomic E-state index is 0.0275. The number of para-hydroxylation sites is 2. The van der Waals surface area contributed by atoms with Crippen LogP contribution in [0.25, 0.3) is 70.2 Å². The average molecular weight is 495 g/mol. The van der Waals surface area contributed by atoms with Crippen LogP contribution in [0.15, 0.2) is 118 Å². The molecular formula is C32H18N2O2S. The number of rotatable bonds is 2. The van der Waals surface area contributed by atoms with Crippen molar-refractivity contribution in [2.75, 3.05) is 0 Å². The molecule has 0 atom stereocenters. The maximum absolute atomic E-state index is 13.1. The number of fused-ring (bicyclic) bond motifs is 6. The molecule has 3 heterocycles. The second-order valence-corrected chi connectivity index (χ2v) is 10.3. The molecule has 0 saturated carbocycles. The van der Waals surface area contributed by atoms with E-state index in [1.54, 1.807) is 11.3 Å². The van der Waals surface area contributed by atoms with Crippen LogP contribution in [0.2, 0.25) is 0 Å². The molecule has 0 saturated heterocycles. The molecule has 0 radical (unpaired) electrons. The van der Waals surface area contributed by atoms with Crippen LogP contribution < -0.4 is 5.43 Å². The maximum Gasteiger partial charge on any atom is 0.227 e. The predicted molar refractivity (Wildman–Crippen MR) is 153 cm³/mol. The lowest BCUT2D eigenvalue weighted by Gasteiger charge is -2.08.